The summed E-state index contributed by atoms with van der Waals surface area (Å²) >= 11 is 0. The fourth-order valence-electron chi connectivity index (χ4n) is 3.17. The van der Waals surface area contributed by atoms with E-state index < -0.39 is 26.2 Å². The third-order valence-corrected chi connectivity index (χ3v) is 8.08. The minimum atomic E-state index is -3.95. The maximum atomic E-state index is 13.0. The third kappa shape index (κ3) is 4.81. The van der Waals surface area contributed by atoms with E-state index in [0.29, 0.717) is 25.8 Å². The first-order valence-electron chi connectivity index (χ1n) is 9.25. The Bertz CT molecular complexity index is 1010. The van der Waals surface area contributed by atoms with E-state index in [0.717, 1.165) is 11.1 Å². The van der Waals surface area contributed by atoms with Crippen molar-refractivity contribution >= 4 is 20.1 Å². The van der Waals surface area contributed by atoms with Gasteiger partial charge in [-0.3, -0.25) is 4.18 Å². The lowest BCUT2D eigenvalue weighted by Crippen LogP contribution is -2.38. The van der Waals surface area contributed by atoms with Gasteiger partial charge in [-0.15, -0.1) is 0 Å². The van der Waals surface area contributed by atoms with Crippen LogP contribution in [0.15, 0.2) is 58.3 Å². The van der Waals surface area contributed by atoms with Crippen molar-refractivity contribution in [3.8, 4) is 0 Å². The predicted octanol–water partition coefficient (Wildman–Crippen LogP) is 3.25. The SMILES string of the molecule is Cc1ccc(S(=O)(=O)OC2CCCCN(S(=O)(=O)c3ccc(C)cc3)C2)cc1. The molecule has 0 spiro atoms. The molecule has 3 rings (SSSR count). The molecule has 0 bridgehead atoms. The van der Waals surface area contributed by atoms with Gasteiger partial charge in [-0.1, -0.05) is 35.4 Å². The predicted molar refractivity (Wildman–Crippen MR) is 107 cm³/mol. The standard InChI is InChI=1S/C20H25NO5S2/c1-16-6-10-19(11-7-16)27(22,23)21-14-4-3-5-18(15-21)26-28(24,25)20-12-8-17(2)9-13-20/h6-13,18H,3-5,14-15H2,1-2H3. The summed E-state index contributed by atoms with van der Waals surface area (Å²) in [5.41, 5.74) is 1.92. The molecule has 152 valence electrons. The Labute approximate surface area is 167 Å². The van der Waals surface area contributed by atoms with Crippen molar-refractivity contribution in [2.24, 2.45) is 0 Å². The topological polar surface area (TPSA) is 80.8 Å². The Morgan fingerprint density at radius 3 is 1.93 bits per heavy atom. The fourth-order valence-corrected chi connectivity index (χ4v) is 5.77. The molecular weight excluding hydrogens is 398 g/mol. The van der Waals surface area contributed by atoms with Gasteiger partial charge in [-0.2, -0.15) is 12.7 Å². The van der Waals surface area contributed by atoms with Gasteiger partial charge in [-0.25, -0.2) is 8.42 Å². The number of sulfonamides is 1. The minimum absolute atomic E-state index is 0.0152. The van der Waals surface area contributed by atoms with Gasteiger partial charge >= 0.3 is 0 Å². The van der Waals surface area contributed by atoms with Gasteiger partial charge in [0, 0.05) is 13.1 Å². The van der Waals surface area contributed by atoms with Crippen LogP contribution in [0.25, 0.3) is 0 Å². The molecule has 0 aliphatic carbocycles. The normalized spacial score (nSPS) is 19.3. The third-order valence-electron chi connectivity index (χ3n) is 4.82. The van der Waals surface area contributed by atoms with Crippen LogP contribution in [0.1, 0.15) is 30.4 Å². The van der Waals surface area contributed by atoms with Gasteiger partial charge in [0.15, 0.2) is 0 Å². The van der Waals surface area contributed by atoms with Crippen molar-refractivity contribution in [1.82, 2.24) is 4.31 Å². The van der Waals surface area contributed by atoms with Crippen molar-refractivity contribution < 1.29 is 21.0 Å². The minimum Gasteiger partial charge on any atom is -0.262 e. The van der Waals surface area contributed by atoms with Crippen molar-refractivity contribution in [3.63, 3.8) is 0 Å². The molecule has 8 heteroatoms. The number of hydrogen-bond acceptors (Lipinski definition) is 5. The first kappa shape index (κ1) is 21.0. The molecule has 1 heterocycles. The van der Waals surface area contributed by atoms with Crippen LogP contribution in [-0.4, -0.2) is 40.3 Å². The van der Waals surface area contributed by atoms with Gasteiger partial charge in [0.25, 0.3) is 10.1 Å². The lowest BCUT2D eigenvalue weighted by Gasteiger charge is -2.24. The van der Waals surface area contributed by atoms with Crippen molar-refractivity contribution in [2.45, 2.75) is 49.0 Å². The summed E-state index contributed by atoms with van der Waals surface area (Å²) in [6, 6.07) is 13.1. The molecule has 1 aliphatic heterocycles. The van der Waals surface area contributed by atoms with E-state index in [1.165, 1.54) is 16.4 Å². The van der Waals surface area contributed by atoms with Crippen LogP contribution in [0.5, 0.6) is 0 Å². The lowest BCUT2D eigenvalue weighted by atomic mass is 10.2. The van der Waals surface area contributed by atoms with E-state index in [1.54, 1.807) is 36.4 Å². The number of nitrogens with zero attached hydrogens (tertiary/aromatic N) is 1. The van der Waals surface area contributed by atoms with E-state index in [-0.39, 0.29) is 16.3 Å². The fraction of sp³-hybridized carbons (Fsp3) is 0.400. The highest BCUT2D eigenvalue weighted by Gasteiger charge is 2.32. The van der Waals surface area contributed by atoms with Crippen LogP contribution in [0.3, 0.4) is 0 Å². The van der Waals surface area contributed by atoms with E-state index in [4.69, 9.17) is 4.18 Å². The number of aryl methyl sites for hydroxylation is 2. The number of benzene rings is 2. The first-order valence-corrected chi connectivity index (χ1v) is 12.1. The summed E-state index contributed by atoms with van der Waals surface area (Å²) in [4.78, 5) is 0.287. The Balaban J connectivity index is 1.80. The molecule has 2 aromatic rings. The molecule has 0 amide bonds. The van der Waals surface area contributed by atoms with E-state index in [1.807, 2.05) is 13.8 Å². The van der Waals surface area contributed by atoms with Gasteiger partial charge in [0.1, 0.15) is 0 Å². The molecule has 1 unspecified atom stereocenters. The molecule has 1 atom stereocenters. The second-order valence-corrected chi connectivity index (χ2v) is 10.7. The second kappa shape index (κ2) is 8.32. The summed E-state index contributed by atoms with van der Waals surface area (Å²) in [7, 11) is -7.66. The quantitative estimate of drug-likeness (QED) is 0.690. The Hall–Kier alpha value is -1.74. The molecule has 2 aromatic carbocycles. The molecule has 28 heavy (non-hydrogen) atoms. The molecule has 1 fully saturated rings. The average Bonchev–Trinajstić information content (AvgIpc) is 2.88. The van der Waals surface area contributed by atoms with Gasteiger partial charge in [-0.05, 0) is 57.4 Å². The van der Waals surface area contributed by atoms with Crippen molar-refractivity contribution in [3.05, 3.63) is 59.7 Å². The zero-order chi connectivity index (χ0) is 20.4. The highest BCUT2D eigenvalue weighted by molar-refractivity contribution is 7.89. The maximum absolute atomic E-state index is 13.0. The van der Waals surface area contributed by atoms with Crippen LogP contribution in [-0.2, 0) is 24.3 Å². The smallest absolute Gasteiger partial charge is 0.262 e. The molecule has 0 saturated carbocycles. The summed E-state index contributed by atoms with van der Waals surface area (Å²) in [6.07, 6.45) is 1.14. The molecule has 6 nitrogen and oxygen atoms in total. The molecule has 0 N–H and O–H groups in total. The summed E-state index contributed by atoms with van der Waals surface area (Å²) < 4.78 is 57.9. The monoisotopic (exact) mass is 423 g/mol. The van der Waals surface area contributed by atoms with E-state index in [2.05, 4.69) is 0 Å². The number of hydrogen-bond donors (Lipinski definition) is 0. The second-order valence-electron chi connectivity index (χ2n) is 7.16. The van der Waals surface area contributed by atoms with E-state index >= 15 is 0 Å². The summed E-state index contributed by atoms with van der Waals surface area (Å²) in [5, 5.41) is 0. The van der Waals surface area contributed by atoms with Crippen molar-refractivity contribution in [2.75, 3.05) is 13.1 Å². The van der Waals surface area contributed by atoms with Crippen LogP contribution >= 0.6 is 0 Å². The lowest BCUT2D eigenvalue weighted by molar-refractivity contribution is 0.180. The molecule has 1 saturated heterocycles. The van der Waals surface area contributed by atoms with E-state index in [9.17, 15) is 16.8 Å². The average molecular weight is 424 g/mol. The molecule has 0 radical (unpaired) electrons. The zero-order valence-corrected chi connectivity index (χ0v) is 17.7. The van der Waals surface area contributed by atoms with Gasteiger partial charge in [0.2, 0.25) is 10.0 Å². The summed E-state index contributed by atoms with van der Waals surface area (Å²) in [5.74, 6) is 0. The Morgan fingerprint density at radius 2 is 1.36 bits per heavy atom. The largest absolute Gasteiger partial charge is 0.297 e. The van der Waals surface area contributed by atoms with Gasteiger partial charge in [0.05, 0.1) is 15.9 Å². The van der Waals surface area contributed by atoms with Crippen LogP contribution < -0.4 is 0 Å². The highest BCUT2D eigenvalue weighted by atomic mass is 32.2. The molecule has 1 aliphatic rings. The summed E-state index contributed by atoms with van der Waals surface area (Å²) in [6.45, 7) is 4.13. The Morgan fingerprint density at radius 1 is 0.821 bits per heavy atom. The zero-order valence-electron chi connectivity index (χ0n) is 16.0. The Kier molecular flexibility index (Phi) is 6.24. The van der Waals surface area contributed by atoms with Gasteiger partial charge < -0.3 is 0 Å². The highest BCUT2D eigenvalue weighted by Crippen LogP contribution is 2.24. The maximum Gasteiger partial charge on any atom is 0.297 e. The first-order chi connectivity index (χ1) is 13.2. The van der Waals surface area contributed by atoms with Crippen LogP contribution in [0.4, 0.5) is 0 Å². The molecular formula is C20H25NO5S2. The van der Waals surface area contributed by atoms with Crippen LogP contribution in [0.2, 0.25) is 0 Å². The molecule has 0 aromatic heterocycles. The van der Waals surface area contributed by atoms with Crippen molar-refractivity contribution in [1.29, 1.82) is 0 Å². The number of rotatable bonds is 5. The van der Waals surface area contributed by atoms with Crippen LogP contribution in [0, 0.1) is 13.8 Å².